The predicted molar refractivity (Wildman–Crippen MR) is 152 cm³/mol. The van der Waals surface area contributed by atoms with E-state index in [0.717, 1.165) is 17.1 Å². The summed E-state index contributed by atoms with van der Waals surface area (Å²) in [5.74, 6) is -1.27. The van der Waals surface area contributed by atoms with Gasteiger partial charge in [-0.25, -0.2) is 13.4 Å². The maximum Gasteiger partial charge on any atom is 1.00 e. The van der Waals surface area contributed by atoms with E-state index in [-0.39, 0.29) is 67.9 Å². The number of anilines is 2. The molecule has 0 saturated heterocycles. The standard InChI is InChI=1S/C25H18Cl2N8O6S.Na/c1-12-4-3-5-16(26)22(12)34-24(37)21(13(2)32-34)31-30-18-11-15(7-9-20(18)42(39,40)41)28-23(36)14-6-8-17-19(10-14)35(38)33-25(27)29-17;/h3-11,21H,1-2H3,(H2-,28,29,33,36,38,39,40,41);/q;+1. The summed E-state index contributed by atoms with van der Waals surface area (Å²) in [5, 5.41) is 18.1. The van der Waals surface area contributed by atoms with Gasteiger partial charge in [-0.15, -0.1) is 0 Å². The fourth-order valence-corrected chi connectivity index (χ4v) is 5.21. The molecule has 0 spiro atoms. The molecule has 2 N–H and O–H groups in total. The number of halogens is 2. The van der Waals surface area contributed by atoms with Crippen LogP contribution in [0.4, 0.5) is 17.1 Å². The number of nitrogens with one attached hydrogen (secondary N) is 2. The Labute approximate surface area is 275 Å². The van der Waals surface area contributed by atoms with E-state index < -0.39 is 38.6 Å². The molecule has 5 rings (SSSR count). The Morgan fingerprint density at radius 2 is 1.88 bits per heavy atom. The van der Waals surface area contributed by atoms with Crippen LogP contribution in [-0.2, 0) is 14.9 Å². The smallest absolute Gasteiger partial charge is 0.744 e. The molecule has 214 valence electrons. The minimum atomic E-state index is -5.02. The van der Waals surface area contributed by atoms with Gasteiger partial charge in [0.1, 0.15) is 21.3 Å². The molecule has 0 radical (unpaired) electrons. The minimum absolute atomic E-state index is 0. The zero-order valence-corrected chi connectivity index (χ0v) is 26.9. The molecule has 1 aliphatic rings. The number of H-pyrrole nitrogens is 1. The number of carbonyl (C=O) groups excluding carboxylic acids is 2. The number of aromatic amines is 1. The second-order valence-corrected chi connectivity index (χ2v) is 11.1. The van der Waals surface area contributed by atoms with E-state index in [2.05, 4.69) is 30.7 Å². The van der Waals surface area contributed by atoms with Crippen molar-refractivity contribution >= 4 is 78.9 Å². The normalized spacial score (nSPS) is 15.1. The molecule has 0 bridgehead atoms. The molecule has 2 amide bonds. The number of azo groups is 1. The molecule has 1 atom stereocenters. The zero-order valence-electron chi connectivity index (χ0n) is 22.6. The molecule has 0 saturated carbocycles. The summed E-state index contributed by atoms with van der Waals surface area (Å²) >= 11 is 12.0. The molecule has 0 fully saturated rings. The minimum Gasteiger partial charge on any atom is -0.744 e. The first kappa shape index (κ1) is 32.3. The Hall–Kier alpha value is -3.57. The van der Waals surface area contributed by atoms with Crippen LogP contribution < -0.4 is 44.4 Å². The number of aryl methyl sites for hydroxylation is 1. The van der Waals surface area contributed by atoms with Crippen LogP contribution in [0.1, 0.15) is 22.8 Å². The van der Waals surface area contributed by atoms with Gasteiger partial charge in [-0.05, 0) is 67.4 Å². The molecule has 4 aromatic rings. The number of rotatable bonds is 6. The second kappa shape index (κ2) is 12.6. The Morgan fingerprint density at radius 3 is 2.58 bits per heavy atom. The van der Waals surface area contributed by atoms with Crippen molar-refractivity contribution in [1.29, 1.82) is 0 Å². The number of fused-ring (bicyclic) bond motifs is 1. The van der Waals surface area contributed by atoms with Crippen molar-refractivity contribution in [3.05, 3.63) is 80.9 Å². The monoisotopic (exact) mass is 651 g/mol. The van der Waals surface area contributed by atoms with Gasteiger partial charge >= 0.3 is 35.1 Å². The van der Waals surface area contributed by atoms with E-state index in [0.29, 0.717) is 15.8 Å². The molecule has 3 aromatic carbocycles. The summed E-state index contributed by atoms with van der Waals surface area (Å²) in [5.41, 5.74) is 1.26. The van der Waals surface area contributed by atoms with Gasteiger partial charge in [0.2, 0.25) is 0 Å². The Kier molecular flexibility index (Phi) is 9.46. The maximum atomic E-state index is 13.2. The summed E-state index contributed by atoms with van der Waals surface area (Å²) < 4.78 is 36.1. The number of hydrogen-bond acceptors (Lipinski definition) is 10. The molecule has 14 nitrogen and oxygen atoms in total. The van der Waals surface area contributed by atoms with Crippen LogP contribution in [0.3, 0.4) is 0 Å². The average Bonchev–Trinajstić information content (AvgIpc) is 3.18. The third-order valence-electron chi connectivity index (χ3n) is 6.13. The van der Waals surface area contributed by atoms with Crippen LogP contribution in [0.25, 0.3) is 11.0 Å². The number of benzene rings is 3. The average molecular weight is 652 g/mol. The summed E-state index contributed by atoms with van der Waals surface area (Å²) in [4.78, 5) is 41.4. The number of hydrazone groups is 1. The van der Waals surface area contributed by atoms with Crippen molar-refractivity contribution in [3.63, 3.8) is 0 Å². The third kappa shape index (κ3) is 6.67. The number of carbonyl (C=O) groups is 2. The summed E-state index contributed by atoms with van der Waals surface area (Å²) in [7, 11) is -5.02. The maximum absolute atomic E-state index is 13.2. The van der Waals surface area contributed by atoms with Gasteiger partial charge in [0.05, 0.1) is 26.2 Å². The van der Waals surface area contributed by atoms with Crippen molar-refractivity contribution < 1.29 is 56.7 Å². The molecule has 1 unspecified atom stereocenters. The van der Waals surface area contributed by atoms with Crippen molar-refractivity contribution in [2.24, 2.45) is 15.3 Å². The number of amides is 2. The number of para-hydroxylation sites is 1. The van der Waals surface area contributed by atoms with Crippen molar-refractivity contribution in [1.82, 2.24) is 10.1 Å². The Morgan fingerprint density at radius 1 is 1.14 bits per heavy atom. The van der Waals surface area contributed by atoms with Crippen molar-refractivity contribution in [2.75, 3.05) is 10.3 Å². The van der Waals surface area contributed by atoms with Crippen LogP contribution in [0.5, 0.6) is 0 Å². The molecule has 2 heterocycles. The summed E-state index contributed by atoms with van der Waals surface area (Å²) in [6.45, 7) is 3.28. The quantitative estimate of drug-likeness (QED) is 0.135. The Bertz CT molecular complexity index is 2020. The van der Waals surface area contributed by atoms with E-state index >= 15 is 0 Å². The van der Waals surface area contributed by atoms with Gasteiger partial charge in [0.25, 0.3) is 17.1 Å². The van der Waals surface area contributed by atoms with Crippen LogP contribution in [0, 0.1) is 11.8 Å². The van der Waals surface area contributed by atoms with Crippen LogP contribution in [0.2, 0.25) is 10.3 Å². The van der Waals surface area contributed by atoms with Crippen molar-refractivity contribution in [2.45, 2.75) is 24.8 Å². The number of nitrogens with zero attached hydrogens (tertiary/aromatic N) is 6. The first-order valence-electron chi connectivity index (χ1n) is 11.9. The van der Waals surface area contributed by atoms with E-state index in [1.54, 1.807) is 25.1 Å². The van der Waals surface area contributed by atoms with E-state index in [9.17, 15) is 27.5 Å². The number of aromatic nitrogens is 3. The first-order valence-corrected chi connectivity index (χ1v) is 14.1. The molecule has 1 aromatic heterocycles. The first-order chi connectivity index (χ1) is 19.8. The van der Waals surface area contributed by atoms with Crippen molar-refractivity contribution in [3.8, 4) is 0 Å². The van der Waals surface area contributed by atoms with Gasteiger partial charge in [0.15, 0.2) is 10.6 Å². The molecular weight excluding hydrogens is 634 g/mol. The largest absolute Gasteiger partial charge is 1.00 e. The summed E-state index contributed by atoms with van der Waals surface area (Å²) in [6, 6.07) is 11.2. The van der Waals surface area contributed by atoms with Crippen LogP contribution >= 0.6 is 23.2 Å². The summed E-state index contributed by atoms with van der Waals surface area (Å²) in [6.07, 6.45) is 0. The van der Waals surface area contributed by atoms with Crippen LogP contribution in [0.15, 0.2) is 74.8 Å². The fourth-order valence-electron chi connectivity index (χ4n) is 4.15. The molecule has 43 heavy (non-hydrogen) atoms. The van der Waals surface area contributed by atoms with Gasteiger partial charge < -0.3 is 9.87 Å². The van der Waals surface area contributed by atoms with Crippen LogP contribution in [-0.4, -0.2) is 46.6 Å². The SMILES string of the molecule is CC1=NN(c2c(C)cccc2Cl)C(=O)C1N=Nc1cc(NC(=O)c2ccc3nc(Cl)[nH][n+](=O)c3c2)ccc1S(=O)(=O)[O-].[Na+]. The molecular formula is C25H18Cl2N8NaO6S+. The third-order valence-corrected chi connectivity index (χ3v) is 7.49. The van der Waals surface area contributed by atoms with E-state index in [1.165, 1.54) is 31.2 Å². The van der Waals surface area contributed by atoms with Gasteiger partial charge in [-0.1, -0.05) is 28.8 Å². The topological polar surface area (TPSA) is 195 Å². The van der Waals surface area contributed by atoms with Gasteiger partial charge in [-0.2, -0.15) is 20.3 Å². The molecule has 18 heteroatoms. The van der Waals surface area contributed by atoms with E-state index in [1.807, 2.05) is 0 Å². The molecule has 1 aliphatic heterocycles. The predicted octanol–water partition coefficient (Wildman–Crippen LogP) is 1.13. The zero-order chi connectivity index (χ0) is 30.3. The fraction of sp³-hybridized carbons (Fsp3) is 0.120. The van der Waals surface area contributed by atoms with E-state index in [4.69, 9.17) is 23.2 Å². The molecule has 0 aliphatic carbocycles. The Balaban J connectivity index is 0.00000423. The van der Waals surface area contributed by atoms with Gasteiger partial charge in [0, 0.05) is 17.3 Å². The van der Waals surface area contributed by atoms with Gasteiger partial charge in [-0.3, -0.25) is 9.59 Å². The second-order valence-electron chi connectivity index (χ2n) is 9.02. The number of hydrogen-bond donors (Lipinski definition) is 2.